The second-order valence-corrected chi connectivity index (χ2v) is 12.1. The number of methoxy groups -OCH3 is 1. The Morgan fingerprint density at radius 1 is 1.10 bits per heavy atom. The summed E-state index contributed by atoms with van der Waals surface area (Å²) in [6.07, 6.45) is 7.65. The highest BCUT2D eigenvalue weighted by molar-refractivity contribution is 6.30. The molecule has 0 spiro atoms. The van der Waals surface area contributed by atoms with Crippen LogP contribution in [0.4, 0.5) is 10.7 Å². The van der Waals surface area contributed by atoms with Gasteiger partial charge in [-0.3, -0.25) is 14.5 Å². The Kier molecular flexibility index (Phi) is 7.65. The molecule has 1 aliphatic carbocycles. The SMILES string of the molecule is COC(=O)N1C[C@@H](C)N(c2nc3cc(-c4noc(=O)[nH]4)nc(-c4cncc(Cl)c4)c3n2CC2CCC(C)CC2)[C@H](C)C1. The number of fused-ring (bicyclic) bond motifs is 1. The first-order valence-electron chi connectivity index (χ1n) is 14.4. The Morgan fingerprint density at radius 3 is 2.48 bits per heavy atom. The number of nitrogens with one attached hydrogen (secondary N) is 1. The van der Waals surface area contributed by atoms with Gasteiger partial charge < -0.3 is 19.1 Å². The van der Waals surface area contributed by atoms with Gasteiger partial charge in [-0.2, -0.15) is 0 Å². The predicted octanol–water partition coefficient (Wildman–Crippen LogP) is 4.98. The Balaban J connectivity index is 1.55. The van der Waals surface area contributed by atoms with Crippen molar-refractivity contribution in [1.82, 2.24) is 34.6 Å². The summed E-state index contributed by atoms with van der Waals surface area (Å²) < 4.78 is 12.1. The normalized spacial score (nSPS) is 23.0. The zero-order chi connectivity index (χ0) is 29.5. The zero-order valence-electron chi connectivity index (χ0n) is 24.2. The van der Waals surface area contributed by atoms with Crippen LogP contribution in [-0.4, -0.2) is 72.9 Å². The molecule has 1 aliphatic heterocycles. The molecule has 0 bridgehead atoms. The molecule has 6 rings (SSSR count). The summed E-state index contributed by atoms with van der Waals surface area (Å²) >= 11 is 6.39. The minimum absolute atomic E-state index is 0.0228. The number of H-pyrrole nitrogens is 1. The maximum absolute atomic E-state index is 12.4. The summed E-state index contributed by atoms with van der Waals surface area (Å²) in [5.41, 5.74) is 3.34. The van der Waals surface area contributed by atoms with Gasteiger partial charge in [0.15, 0.2) is 0 Å². The van der Waals surface area contributed by atoms with Crippen LogP contribution in [0, 0.1) is 11.8 Å². The first-order chi connectivity index (χ1) is 20.2. The molecule has 1 saturated heterocycles. The Labute approximate surface area is 248 Å². The molecule has 0 aromatic carbocycles. The van der Waals surface area contributed by atoms with Crippen molar-refractivity contribution in [1.29, 1.82) is 0 Å². The fourth-order valence-electron chi connectivity index (χ4n) is 6.48. The Bertz CT molecular complexity index is 1640. The van der Waals surface area contributed by atoms with Gasteiger partial charge in [0.2, 0.25) is 11.8 Å². The van der Waals surface area contributed by atoms with Gasteiger partial charge in [0.25, 0.3) is 0 Å². The second-order valence-electron chi connectivity index (χ2n) is 11.7. The fraction of sp³-hybridized carbons (Fsp3) is 0.517. The number of aromatic amines is 1. The summed E-state index contributed by atoms with van der Waals surface area (Å²) in [5.74, 6) is 1.58. The highest BCUT2D eigenvalue weighted by Crippen LogP contribution is 2.38. The number of amides is 1. The molecule has 1 N–H and O–H groups in total. The van der Waals surface area contributed by atoms with E-state index in [1.165, 1.54) is 20.0 Å². The number of carbonyl (C=O) groups excluding carboxylic acids is 1. The maximum Gasteiger partial charge on any atom is 0.439 e. The lowest BCUT2D eigenvalue weighted by Gasteiger charge is -2.44. The number of carbonyl (C=O) groups is 1. The van der Waals surface area contributed by atoms with Gasteiger partial charge >= 0.3 is 11.8 Å². The van der Waals surface area contributed by atoms with E-state index in [0.717, 1.165) is 42.3 Å². The number of imidazole rings is 1. The van der Waals surface area contributed by atoms with E-state index < -0.39 is 5.76 Å². The van der Waals surface area contributed by atoms with E-state index in [-0.39, 0.29) is 24.0 Å². The van der Waals surface area contributed by atoms with Crippen molar-refractivity contribution in [3.8, 4) is 22.8 Å². The Hall–Kier alpha value is -3.93. The van der Waals surface area contributed by atoms with Crippen LogP contribution in [0.3, 0.4) is 0 Å². The number of nitrogens with zero attached hydrogens (tertiary/aromatic N) is 7. The minimum Gasteiger partial charge on any atom is -0.453 e. The second kappa shape index (κ2) is 11.4. The van der Waals surface area contributed by atoms with Gasteiger partial charge in [-0.05, 0) is 50.7 Å². The van der Waals surface area contributed by atoms with Crippen molar-refractivity contribution in [2.45, 2.75) is 65.1 Å². The smallest absolute Gasteiger partial charge is 0.439 e. The minimum atomic E-state index is -0.665. The summed E-state index contributed by atoms with van der Waals surface area (Å²) in [6, 6.07) is 3.61. The van der Waals surface area contributed by atoms with Crippen LogP contribution in [0.5, 0.6) is 0 Å². The van der Waals surface area contributed by atoms with Crippen LogP contribution in [0.1, 0.15) is 46.5 Å². The third-order valence-electron chi connectivity index (χ3n) is 8.52. The van der Waals surface area contributed by atoms with E-state index >= 15 is 0 Å². The molecular weight excluding hydrogens is 560 g/mol. The third kappa shape index (κ3) is 5.35. The molecule has 5 heterocycles. The predicted molar refractivity (Wildman–Crippen MR) is 158 cm³/mol. The number of anilines is 1. The summed E-state index contributed by atoms with van der Waals surface area (Å²) in [4.78, 5) is 45.4. The number of aromatic nitrogens is 6. The van der Waals surface area contributed by atoms with Crippen molar-refractivity contribution < 1.29 is 14.1 Å². The number of hydrogen-bond acceptors (Lipinski definition) is 9. The quantitative estimate of drug-likeness (QED) is 0.339. The molecule has 4 aromatic rings. The van der Waals surface area contributed by atoms with Crippen LogP contribution in [0.25, 0.3) is 33.8 Å². The van der Waals surface area contributed by atoms with Crippen molar-refractivity contribution in [2.75, 3.05) is 25.1 Å². The average molecular weight is 595 g/mol. The lowest BCUT2D eigenvalue weighted by Crippen LogP contribution is -2.59. The first kappa shape index (κ1) is 28.2. The number of pyridine rings is 2. The van der Waals surface area contributed by atoms with E-state index in [1.807, 2.05) is 12.1 Å². The molecule has 2 aliphatic rings. The van der Waals surface area contributed by atoms with Crippen LogP contribution < -0.4 is 10.7 Å². The topological polar surface area (TPSA) is 135 Å². The van der Waals surface area contributed by atoms with Crippen LogP contribution >= 0.6 is 11.6 Å². The number of hydrogen-bond donors (Lipinski definition) is 1. The molecule has 2 fully saturated rings. The summed E-state index contributed by atoms with van der Waals surface area (Å²) in [5, 5.41) is 4.36. The van der Waals surface area contributed by atoms with Crippen molar-refractivity contribution in [3.63, 3.8) is 0 Å². The monoisotopic (exact) mass is 594 g/mol. The zero-order valence-corrected chi connectivity index (χ0v) is 25.0. The molecule has 0 unspecified atom stereocenters. The summed E-state index contributed by atoms with van der Waals surface area (Å²) in [7, 11) is 1.41. The number of halogens is 1. The molecular formula is C29H35ClN8O4. The Morgan fingerprint density at radius 2 is 1.83 bits per heavy atom. The van der Waals surface area contributed by atoms with Gasteiger partial charge in [-0.1, -0.05) is 36.5 Å². The van der Waals surface area contributed by atoms with Gasteiger partial charge in [0, 0.05) is 49.7 Å². The summed E-state index contributed by atoms with van der Waals surface area (Å²) in [6.45, 7) is 8.32. The first-order valence-corrected chi connectivity index (χ1v) is 14.8. The van der Waals surface area contributed by atoms with Crippen molar-refractivity contribution in [3.05, 3.63) is 40.1 Å². The fourth-order valence-corrected chi connectivity index (χ4v) is 6.66. The molecule has 4 aromatic heterocycles. The lowest BCUT2D eigenvalue weighted by molar-refractivity contribution is 0.108. The van der Waals surface area contributed by atoms with E-state index in [4.69, 9.17) is 30.8 Å². The molecule has 0 radical (unpaired) electrons. The highest BCUT2D eigenvalue weighted by atomic mass is 35.5. The number of rotatable bonds is 5. The molecule has 222 valence electrons. The van der Waals surface area contributed by atoms with Crippen LogP contribution in [-0.2, 0) is 11.3 Å². The lowest BCUT2D eigenvalue weighted by atomic mass is 9.83. The van der Waals surface area contributed by atoms with E-state index in [0.29, 0.717) is 40.9 Å². The van der Waals surface area contributed by atoms with Crippen molar-refractivity contribution in [2.24, 2.45) is 11.8 Å². The molecule has 2 atom stereocenters. The van der Waals surface area contributed by atoms with E-state index in [9.17, 15) is 9.59 Å². The van der Waals surface area contributed by atoms with Gasteiger partial charge in [-0.15, -0.1) is 0 Å². The number of piperazine rings is 1. The number of ether oxygens (including phenoxy) is 1. The third-order valence-corrected chi connectivity index (χ3v) is 8.73. The van der Waals surface area contributed by atoms with Crippen molar-refractivity contribution >= 4 is 34.7 Å². The molecule has 13 heteroatoms. The standard InChI is InChI=1S/C29H35ClN8O4/c1-16-5-7-19(8-6-16)15-37-25-22(33-27(37)38-17(2)13-36(14-18(38)3)29(40)41-4)10-23(26-34-28(39)42-35-26)32-24(25)20-9-21(30)12-31-11-20/h9-12,16-19H,5-8,13-15H2,1-4H3,(H,34,35,39)/t16?,17-,18-,19?/m1/s1. The van der Waals surface area contributed by atoms with Gasteiger partial charge in [0.05, 0.1) is 28.9 Å². The van der Waals surface area contributed by atoms with Gasteiger partial charge in [0.1, 0.15) is 5.69 Å². The highest BCUT2D eigenvalue weighted by Gasteiger charge is 2.36. The molecule has 1 saturated carbocycles. The maximum atomic E-state index is 12.4. The van der Waals surface area contributed by atoms with Crippen LogP contribution in [0.2, 0.25) is 5.02 Å². The molecule has 1 amide bonds. The van der Waals surface area contributed by atoms with Crippen LogP contribution in [0.15, 0.2) is 33.8 Å². The molecule has 12 nitrogen and oxygen atoms in total. The average Bonchev–Trinajstić information content (AvgIpc) is 3.56. The van der Waals surface area contributed by atoms with E-state index in [1.54, 1.807) is 17.3 Å². The largest absolute Gasteiger partial charge is 0.453 e. The van der Waals surface area contributed by atoms with E-state index in [2.05, 4.69) is 45.4 Å². The van der Waals surface area contributed by atoms with Gasteiger partial charge in [-0.25, -0.2) is 19.6 Å². The molecule has 42 heavy (non-hydrogen) atoms.